The summed E-state index contributed by atoms with van der Waals surface area (Å²) >= 11 is 0. The Morgan fingerprint density at radius 1 is 1.24 bits per heavy atom. The van der Waals surface area contributed by atoms with Gasteiger partial charge in [0.15, 0.2) is 5.82 Å². The molecular formula is C21H22N6O2. The number of amides is 2. The predicted molar refractivity (Wildman–Crippen MR) is 110 cm³/mol. The van der Waals surface area contributed by atoms with Crippen LogP contribution in [0.15, 0.2) is 61.3 Å². The second kappa shape index (κ2) is 8.55. The first-order valence-electron chi connectivity index (χ1n) is 9.53. The number of nitrogens with one attached hydrogen (secondary N) is 2. The van der Waals surface area contributed by atoms with E-state index in [1.807, 2.05) is 41.1 Å². The van der Waals surface area contributed by atoms with Crippen molar-refractivity contribution >= 4 is 23.3 Å². The molecule has 1 aromatic carbocycles. The zero-order valence-electron chi connectivity index (χ0n) is 15.9. The lowest BCUT2D eigenvalue weighted by Gasteiger charge is -2.29. The lowest BCUT2D eigenvalue weighted by atomic mass is 10.1. The van der Waals surface area contributed by atoms with E-state index in [4.69, 9.17) is 0 Å². The first-order chi connectivity index (χ1) is 14.2. The number of rotatable bonds is 7. The Hall–Kier alpha value is -3.68. The van der Waals surface area contributed by atoms with E-state index < -0.39 is 0 Å². The van der Waals surface area contributed by atoms with Gasteiger partial charge in [0.05, 0.1) is 30.7 Å². The van der Waals surface area contributed by atoms with E-state index in [9.17, 15) is 9.59 Å². The topological polar surface area (TPSA) is 92.2 Å². The van der Waals surface area contributed by atoms with Gasteiger partial charge in [0, 0.05) is 31.7 Å². The molecule has 0 saturated carbocycles. The van der Waals surface area contributed by atoms with Crippen LogP contribution in [0.3, 0.4) is 0 Å². The minimum Gasteiger partial charge on any atom is -0.359 e. The second-order valence-electron chi connectivity index (χ2n) is 6.82. The average Bonchev–Trinajstić information content (AvgIpc) is 3.27. The van der Waals surface area contributed by atoms with Gasteiger partial charge in [0.1, 0.15) is 0 Å². The molecule has 0 fully saturated rings. The third-order valence-corrected chi connectivity index (χ3v) is 4.75. The third-order valence-electron chi connectivity index (χ3n) is 4.75. The molecule has 1 aliphatic heterocycles. The van der Waals surface area contributed by atoms with Crippen LogP contribution in [0, 0.1) is 0 Å². The van der Waals surface area contributed by atoms with Gasteiger partial charge >= 0.3 is 0 Å². The number of carbonyl (C=O) groups is 2. The molecule has 0 saturated heterocycles. The monoisotopic (exact) mass is 390 g/mol. The summed E-state index contributed by atoms with van der Waals surface area (Å²) in [6, 6.07) is 11.5. The molecule has 0 radical (unpaired) electrons. The fraction of sp³-hybridized carbons (Fsp3) is 0.238. The van der Waals surface area contributed by atoms with Gasteiger partial charge in [-0.2, -0.15) is 0 Å². The number of imidazole rings is 1. The summed E-state index contributed by atoms with van der Waals surface area (Å²) in [5, 5.41) is 5.93. The number of aryl methyl sites for hydroxylation is 1. The number of aromatic nitrogens is 3. The van der Waals surface area contributed by atoms with E-state index in [2.05, 4.69) is 20.6 Å². The Morgan fingerprint density at radius 3 is 2.90 bits per heavy atom. The molecule has 0 atom stereocenters. The summed E-state index contributed by atoms with van der Waals surface area (Å²) in [5.74, 6) is 0.349. The number of fused-ring (bicyclic) bond motifs is 1. The number of carbonyl (C=O) groups excluding carboxylic acids is 2. The number of hydrogen-bond acceptors (Lipinski definition) is 5. The molecule has 3 heterocycles. The molecule has 4 rings (SSSR count). The highest BCUT2D eigenvalue weighted by atomic mass is 16.2. The highest BCUT2D eigenvalue weighted by Gasteiger charge is 2.26. The minimum atomic E-state index is -0.205. The van der Waals surface area contributed by atoms with Crippen LogP contribution in [0.5, 0.6) is 0 Å². The molecule has 148 valence electrons. The summed E-state index contributed by atoms with van der Waals surface area (Å²) in [6.07, 6.45) is 7.70. The molecule has 0 aliphatic carbocycles. The molecule has 8 heteroatoms. The van der Waals surface area contributed by atoms with Crippen molar-refractivity contribution in [3.05, 3.63) is 72.4 Å². The Balaban J connectivity index is 1.44. The van der Waals surface area contributed by atoms with Crippen molar-refractivity contribution < 1.29 is 9.59 Å². The molecule has 0 unspecified atom stereocenters. The van der Waals surface area contributed by atoms with E-state index in [-0.39, 0.29) is 18.4 Å². The Morgan fingerprint density at radius 2 is 2.10 bits per heavy atom. The summed E-state index contributed by atoms with van der Waals surface area (Å²) in [5.41, 5.74) is 2.07. The van der Waals surface area contributed by atoms with Crippen LogP contribution >= 0.6 is 0 Å². The minimum absolute atomic E-state index is 0.0546. The normalized spacial score (nSPS) is 13.0. The number of hydrogen-bond donors (Lipinski definition) is 2. The van der Waals surface area contributed by atoms with Gasteiger partial charge in [-0.05, 0) is 18.1 Å². The van der Waals surface area contributed by atoms with Crippen molar-refractivity contribution in [2.24, 2.45) is 0 Å². The van der Waals surface area contributed by atoms with E-state index in [1.165, 1.54) is 6.20 Å². The van der Waals surface area contributed by atoms with Crippen LogP contribution in [-0.4, -0.2) is 39.4 Å². The van der Waals surface area contributed by atoms with Gasteiger partial charge in [-0.3, -0.25) is 9.59 Å². The van der Waals surface area contributed by atoms with Gasteiger partial charge in [-0.15, -0.1) is 0 Å². The van der Waals surface area contributed by atoms with E-state index in [1.54, 1.807) is 23.5 Å². The van der Waals surface area contributed by atoms with Crippen molar-refractivity contribution in [2.45, 2.75) is 19.5 Å². The van der Waals surface area contributed by atoms with Crippen LogP contribution < -0.4 is 15.5 Å². The number of pyridine rings is 1. The smallest absolute Gasteiger partial charge is 0.252 e. The predicted octanol–water partition coefficient (Wildman–Crippen LogP) is 2.06. The SMILES string of the molecule is O=C(NCCCn1ccnc1)c1cnc2c(c1)N(Cc1ccccc1)C(=O)CN2. The van der Waals surface area contributed by atoms with Crippen molar-refractivity contribution in [1.29, 1.82) is 0 Å². The molecular weight excluding hydrogens is 368 g/mol. The van der Waals surface area contributed by atoms with Gasteiger partial charge in [-0.25, -0.2) is 9.97 Å². The second-order valence-corrected chi connectivity index (χ2v) is 6.82. The highest BCUT2D eigenvalue weighted by molar-refractivity contribution is 6.04. The van der Waals surface area contributed by atoms with Crippen molar-refractivity contribution in [3.8, 4) is 0 Å². The molecule has 0 spiro atoms. The molecule has 1 aliphatic rings. The Kier molecular flexibility index (Phi) is 5.51. The number of anilines is 2. The van der Waals surface area contributed by atoms with Crippen LogP contribution in [-0.2, 0) is 17.9 Å². The molecule has 0 bridgehead atoms. The highest BCUT2D eigenvalue weighted by Crippen LogP contribution is 2.29. The zero-order valence-corrected chi connectivity index (χ0v) is 15.9. The van der Waals surface area contributed by atoms with Crippen LogP contribution in [0.1, 0.15) is 22.3 Å². The summed E-state index contributed by atoms with van der Waals surface area (Å²) in [6.45, 7) is 1.95. The first-order valence-corrected chi connectivity index (χ1v) is 9.53. The number of benzene rings is 1. The number of nitrogens with zero attached hydrogens (tertiary/aromatic N) is 4. The van der Waals surface area contributed by atoms with Gasteiger partial charge in [0.2, 0.25) is 5.91 Å². The van der Waals surface area contributed by atoms with Gasteiger partial charge < -0.3 is 20.1 Å². The van der Waals surface area contributed by atoms with Crippen LogP contribution in [0.2, 0.25) is 0 Å². The standard InChI is InChI=1S/C21H22N6O2/c28-19-13-25-20-18(27(19)14-16-5-2-1-3-6-16)11-17(12-24-20)21(29)23-7-4-9-26-10-8-22-15-26/h1-3,5-6,8,10-12,15H,4,7,9,13-14H2,(H,23,29)(H,24,25). The summed E-state index contributed by atoms with van der Waals surface area (Å²) < 4.78 is 1.96. The van der Waals surface area contributed by atoms with Crippen molar-refractivity contribution in [3.63, 3.8) is 0 Å². The maximum absolute atomic E-state index is 12.5. The maximum atomic E-state index is 12.5. The lowest BCUT2D eigenvalue weighted by molar-refractivity contribution is -0.117. The van der Waals surface area contributed by atoms with Crippen molar-refractivity contribution in [2.75, 3.05) is 23.3 Å². The summed E-state index contributed by atoms with van der Waals surface area (Å²) in [4.78, 5) is 35.1. The Bertz CT molecular complexity index is 988. The largest absolute Gasteiger partial charge is 0.359 e. The summed E-state index contributed by atoms with van der Waals surface area (Å²) in [7, 11) is 0. The molecule has 3 aromatic rings. The molecule has 29 heavy (non-hydrogen) atoms. The first kappa shape index (κ1) is 18.7. The van der Waals surface area contributed by atoms with Crippen LogP contribution in [0.25, 0.3) is 0 Å². The molecule has 8 nitrogen and oxygen atoms in total. The molecule has 2 aromatic heterocycles. The van der Waals surface area contributed by atoms with Crippen LogP contribution in [0.4, 0.5) is 11.5 Å². The lowest BCUT2D eigenvalue weighted by Crippen LogP contribution is -2.40. The molecule has 2 N–H and O–H groups in total. The quantitative estimate of drug-likeness (QED) is 0.603. The maximum Gasteiger partial charge on any atom is 0.252 e. The van der Waals surface area contributed by atoms with Crippen molar-refractivity contribution in [1.82, 2.24) is 19.9 Å². The van der Waals surface area contributed by atoms with E-state index in [0.29, 0.717) is 30.2 Å². The van der Waals surface area contributed by atoms with E-state index in [0.717, 1.165) is 18.5 Å². The fourth-order valence-corrected chi connectivity index (χ4v) is 3.23. The van der Waals surface area contributed by atoms with Gasteiger partial charge in [-0.1, -0.05) is 30.3 Å². The zero-order chi connectivity index (χ0) is 20.1. The molecule has 2 amide bonds. The average molecular weight is 390 g/mol. The third kappa shape index (κ3) is 4.43. The van der Waals surface area contributed by atoms with Gasteiger partial charge in [0.25, 0.3) is 5.91 Å². The van der Waals surface area contributed by atoms with E-state index >= 15 is 0 Å². The Labute approximate surface area is 168 Å². The fourth-order valence-electron chi connectivity index (χ4n) is 3.23.